The molecule has 3 aromatic rings. The second-order valence-corrected chi connectivity index (χ2v) is 9.98. The molecule has 1 saturated heterocycles. The molecular formula is C31H34N2O2. The number of carbonyl (C=O) groups is 2. The van der Waals surface area contributed by atoms with Gasteiger partial charge in [-0.15, -0.1) is 0 Å². The molecule has 0 aromatic heterocycles. The topological polar surface area (TPSA) is 49.4 Å². The number of rotatable bonds is 8. The van der Waals surface area contributed by atoms with Crippen LogP contribution >= 0.6 is 0 Å². The van der Waals surface area contributed by atoms with Crippen molar-refractivity contribution in [2.45, 2.75) is 43.4 Å². The van der Waals surface area contributed by atoms with Crippen molar-refractivity contribution >= 4 is 11.8 Å². The first kappa shape index (κ1) is 23.3. The van der Waals surface area contributed by atoms with Crippen molar-refractivity contribution in [2.24, 2.45) is 5.92 Å². The van der Waals surface area contributed by atoms with E-state index in [9.17, 15) is 9.59 Å². The van der Waals surface area contributed by atoms with Crippen LogP contribution in [0.2, 0.25) is 0 Å². The summed E-state index contributed by atoms with van der Waals surface area (Å²) in [6, 6.07) is 30.9. The number of likely N-dealkylation sites (tertiary alicyclic amines) is 1. The molecule has 4 nitrogen and oxygen atoms in total. The Morgan fingerprint density at radius 1 is 0.829 bits per heavy atom. The molecule has 3 aromatic carbocycles. The van der Waals surface area contributed by atoms with Gasteiger partial charge in [0, 0.05) is 25.6 Å². The van der Waals surface area contributed by atoms with Crippen LogP contribution in [-0.4, -0.2) is 36.3 Å². The number of benzene rings is 3. The van der Waals surface area contributed by atoms with Gasteiger partial charge < -0.3 is 10.2 Å². The van der Waals surface area contributed by atoms with E-state index in [1.165, 1.54) is 11.1 Å². The van der Waals surface area contributed by atoms with Crippen LogP contribution in [0.15, 0.2) is 91.0 Å². The van der Waals surface area contributed by atoms with E-state index in [0.29, 0.717) is 38.4 Å². The maximum atomic E-state index is 13.6. The molecule has 0 spiro atoms. The number of amides is 2. The largest absolute Gasteiger partial charge is 0.355 e. The highest BCUT2D eigenvalue weighted by molar-refractivity contribution is 5.89. The molecule has 2 fully saturated rings. The van der Waals surface area contributed by atoms with E-state index in [2.05, 4.69) is 53.8 Å². The van der Waals surface area contributed by atoms with E-state index in [-0.39, 0.29) is 17.7 Å². The zero-order valence-electron chi connectivity index (χ0n) is 20.2. The summed E-state index contributed by atoms with van der Waals surface area (Å²) >= 11 is 0. The van der Waals surface area contributed by atoms with Crippen molar-refractivity contribution in [2.75, 3.05) is 19.6 Å². The lowest BCUT2D eigenvalue weighted by molar-refractivity contribution is -0.138. The summed E-state index contributed by atoms with van der Waals surface area (Å²) < 4.78 is 0. The van der Waals surface area contributed by atoms with E-state index >= 15 is 0 Å². The van der Waals surface area contributed by atoms with E-state index in [4.69, 9.17) is 0 Å². The van der Waals surface area contributed by atoms with Crippen LogP contribution in [0, 0.1) is 5.92 Å². The zero-order valence-corrected chi connectivity index (χ0v) is 20.2. The molecule has 0 unspecified atom stereocenters. The summed E-state index contributed by atoms with van der Waals surface area (Å²) in [5, 5.41) is 3.23. The second kappa shape index (κ2) is 10.5. The molecule has 1 heterocycles. The van der Waals surface area contributed by atoms with Gasteiger partial charge in [0.1, 0.15) is 0 Å². The summed E-state index contributed by atoms with van der Waals surface area (Å²) in [4.78, 5) is 28.8. The van der Waals surface area contributed by atoms with Crippen molar-refractivity contribution in [1.82, 2.24) is 10.2 Å². The van der Waals surface area contributed by atoms with Gasteiger partial charge in [-0.2, -0.15) is 0 Å². The lowest BCUT2D eigenvalue weighted by Gasteiger charge is -2.41. The minimum atomic E-state index is -0.576. The van der Waals surface area contributed by atoms with Gasteiger partial charge >= 0.3 is 0 Å². The van der Waals surface area contributed by atoms with Crippen LogP contribution in [0.25, 0.3) is 0 Å². The first-order chi connectivity index (χ1) is 17.2. The van der Waals surface area contributed by atoms with Gasteiger partial charge in [0.05, 0.1) is 5.41 Å². The zero-order chi connectivity index (χ0) is 24.1. The van der Waals surface area contributed by atoms with Crippen LogP contribution in [0.1, 0.15) is 48.3 Å². The van der Waals surface area contributed by atoms with Crippen LogP contribution in [0.4, 0.5) is 0 Å². The smallest absolute Gasteiger partial charge is 0.230 e. The fourth-order valence-electron chi connectivity index (χ4n) is 5.59. The van der Waals surface area contributed by atoms with E-state index in [0.717, 1.165) is 24.8 Å². The molecule has 1 saturated carbocycles. The maximum Gasteiger partial charge on any atom is 0.230 e. The standard InChI is InChI=1S/C31H34N2O2/c34-29(28-23-27(28)25-14-6-2-7-15-25)33-21-18-31(19-22-33,26-16-8-3-9-17-26)30(35)32-20-10-13-24-11-4-1-5-12-24/h1-9,11-12,14-17,27-28H,10,13,18-23H2,(H,32,35)/t27-,28+/m0/s1. The Morgan fingerprint density at radius 3 is 2.09 bits per heavy atom. The van der Waals surface area contributed by atoms with E-state index < -0.39 is 5.41 Å². The Morgan fingerprint density at radius 2 is 1.43 bits per heavy atom. The fourth-order valence-corrected chi connectivity index (χ4v) is 5.59. The molecule has 180 valence electrons. The minimum absolute atomic E-state index is 0.0911. The predicted molar refractivity (Wildman–Crippen MR) is 139 cm³/mol. The third kappa shape index (κ3) is 5.17. The summed E-state index contributed by atoms with van der Waals surface area (Å²) in [6.07, 6.45) is 4.12. The number of piperidine rings is 1. The number of nitrogens with one attached hydrogen (secondary N) is 1. The molecule has 0 bridgehead atoms. The fraction of sp³-hybridized carbons (Fsp3) is 0.355. The van der Waals surface area contributed by atoms with Gasteiger partial charge in [0.2, 0.25) is 11.8 Å². The third-order valence-corrected chi connectivity index (χ3v) is 7.80. The van der Waals surface area contributed by atoms with Crippen LogP contribution in [0.5, 0.6) is 0 Å². The molecule has 2 atom stereocenters. The first-order valence-corrected chi connectivity index (χ1v) is 12.9. The highest BCUT2D eigenvalue weighted by atomic mass is 16.2. The first-order valence-electron chi connectivity index (χ1n) is 12.9. The van der Waals surface area contributed by atoms with Crippen LogP contribution < -0.4 is 5.32 Å². The summed E-state index contributed by atoms with van der Waals surface area (Å²) in [5.74, 6) is 0.784. The molecule has 2 aliphatic rings. The van der Waals surface area contributed by atoms with Crippen molar-refractivity contribution < 1.29 is 9.59 Å². The second-order valence-electron chi connectivity index (χ2n) is 9.98. The van der Waals surface area contributed by atoms with E-state index in [1.54, 1.807) is 0 Å². The van der Waals surface area contributed by atoms with Crippen LogP contribution in [0.3, 0.4) is 0 Å². The Balaban J connectivity index is 1.21. The molecule has 0 radical (unpaired) electrons. The number of carbonyl (C=O) groups excluding carboxylic acids is 2. The van der Waals surface area contributed by atoms with Gasteiger partial charge in [-0.25, -0.2) is 0 Å². The number of hydrogen-bond donors (Lipinski definition) is 1. The van der Waals surface area contributed by atoms with Crippen molar-refractivity contribution in [3.63, 3.8) is 0 Å². The maximum absolute atomic E-state index is 13.6. The number of hydrogen-bond acceptors (Lipinski definition) is 2. The van der Waals surface area contributed by atoms with Crippen LogP contribution in [-0.2, 0) is 21.4 Å². The molecule has 35 heavy (non-hydrogen) atoms. The third-order valence-electron chi connectivity index (χ3n) is 7.80. The predicted octanol–water partition coefficient (Wildman–Crippen LogP) is 5.10. The quantitative estimate of drug-likeness (QED) is 0.470. The Kier molecular flexibility index (Phi) is 6.98. The highest BCUT2D eigenvalue weighted by Gasteiger charge is 2.49. The Hall–Kier alpha value is -3.40. The normalized spacial score (nSPS) is 20.7. The molecule has 2 amide bonds. The molecule has 4 heteroatoms. The molecule has 1 aliphatic heterocycles. The summed E-state index contributed by atoms with van der Waals surface area (Å²) in [5.41, 5.74) is 3.03. The van der Waals surface area contributed by atoms with Gasteiger partial charge in [-0.1, -0.05) is 91.0 Å². The van der Waals surface area contributed by atoms with Gasteiger partial charge in [-0.3, -0.25) is 9.59 Å². The summed E-state index contributed by atoms with van der Waals surface area (Å²) in [6.45, 7) is 1.91. The molecule has 1 aliphatic carbocycles. The molecular weight excluding hydrogens is 432 g/mol. The van der Waals surface area contributed by atoms with Crippen molar-refractivity contribution in [3.05, 3.63) is 108 Å². The minimum Gasteiger partial charge on any atom is -0.355 e. The average Bonchev–Trinajstić information content (AvgIpc) is 3.73. The average molecular weight is 467 g/mol. The van der Waals surface area contributed by atoms with Crippen molar-refractivity contribution in [3.8, 4) is 0 Å². The van der Waals surface area contributed by atoms with E-state index in [1.807, 2.05) is 47.4 Å². The Labute approximate surface area is 208 Å². The number of aryl methyl sites for hydroxylation is 1. The highest BCUT2D eigenvalue weighted by Crippen LogP contribution is 2.49. The van der Waals surface area contributed by atoms with Crippen molar-refractivity contribution in [1.29, 1.82) is 0 Å². The summed E-state index contributed by atoms with van der Waals surface area (Å²) in [7, 11) is 0. The monoisotopic (exact) mass is 466 g/mol. The van der Waals surface area contributed by atoms with Gasteiger partial charge in [0.25, 0.3) is 0 Å². The SMILES string of the molecule is O=C([C@@H]1C[C@H]1c1ccccc1)N1CCC(C(=O)NCCCc2ccccc2)(c2ccccc2)CC1. The Bertz CT molecular complexity index is 1120. The van der Waals surface area contributed by atoms with Gasteiger partial charge in [-0.05, 0) is 54.7 Å². The molecule has 5 rings (SSSR count). The number of nitrogens with zero attached hydrogens (tertiary/aromatic N) is 1. The van der Waals surface area contributed by atoms with Gasteiger partial charge in [0.15, 0.2) is 0 Å². The lowest BCUT2D eigenvalue weighted by Crippen LogP contribution is -2.53. The molecule has 1 N–H and O–H groups in total. The lowest BCUT2D eigenvalue weighted by atomic mass is 9.72.